The van der Waals surface area contributed by atoms with E-state index in [1.165, 1.54) is 11.6 Å². The number of fused-ring (bicyclic) bond motifs is 1. The van der Waals surface area contributed by atoms with Gasteiger partial charge in [-0.05, 0) is 18.6 Å². The van der Waals surface area contributed by atoms with E-state index in [9.17, 15) is 8.42 Å². The summed E-state index contributed by atoms with van der Waals surface area (Å²) in [5.41, 5.74) is 1.41. The molecular formula is C9H10N2O2S. The molecule has 1 aromatic heterocycles. The standard InChI is InChI=1S/C9H10N2O2S/c1-7-4-11-8-2-3-10-5-9(8)14(12,13)6-7/h2-3,5-6,11H,4H2,1H3. The first-order valence-corrected chi connectivity index (χ1v) is 5.74. The van der Waals surface area contributed by atoms with Crippen molar-refractivity contribution in [3.8, 4) is 0 Å². The number of nitrogens with one attached hydrogen (secondary N) is 1. The minimum atomic E-state index is -3.31. The molecule has 0 atom stereocenters. The third-order valence-corrected chi connectivity index (χ3v) is 3.66. The van der Waals surface area contributed by atoms with Crippen molar-refractivity contribution in [2.75, 3.05) is 11.9 Å². The Kier molecular flexibility index (Phi) is 2.03. The number of nitrogens with zero attached hydrogens (tertiary/aromatic N) is 1. The number of sulfone groups is 1. The van der Waals surface area contributed by atoms with Crippen LogP contribution in [-0.2, 0) is 9.84 Å². The lowest BCUT2D eigenvalue weighted by Crippen LogP contribution is -2.02. The summed E-state index contributed by atoms with van der Waals surface area (Å²) in [4.78, 5) is 4.06. The molecule has 0 unspecified atom stereocenters. The molecule has 0 amide bonds. The summed E-state index contributed by atoms with van der Waals surface area (Å²) < 4.78 is 23.5. The molecule has 1 aliphatic rings. The van der Waals surface area contributed by atoms with Crippen molar-refractivity contribution in [3.05, 3.63) is 29.4 Å². The fraction of sp³-hybridized carbons (Fsp3) is 0.222. The van der Waals surface area contributed by atoms with E-state index < -0.39 is 9.84 Å². The maximum atomic E-state index is 11.7. The number of aromatic nitrogens is 1. The predicted octanol–water partition coefficient (Wildman–Crippen LogP) is 1.18. The van der Waals surface area contributed by atoms with Gasteiger partial charge in [0.15, 0.2) is 0 Å². The van der Waals surface area contributed by atoms with E-state index in [2.05, 4.69) is 10.3 Å². The average Bonchev–Trinajstić information content (AvgIpc) is 2.24. The van der Waals surface area contributed by atoms with Gasteiger partial charge in [-0.3, -0.25) is 4.98 Å². The molecule has 2 rings (SSSR count). The Morgan fingerprint density at radius 2 is 2.29 bits per heavy atom. The molecule has 74 valence electrons. The van der Waals surface area contributed by atoms with E-state index in [1.54, 1.807) is 19.2 Å². The van der Waals surface area contributed by atoms with Gasteiger partial charge in [0.2, 0.25) is 9.84 Å². The van der Waals surface area contributed by atoms with Crippen molar-refractivity contribution < 1.29 is 8.42 Å². The van der Waals surface area contributed by atoms with Crippen LogP contribution >= 0.6 is 0 Å². The molecule has 0 fully saturated rings. The second-order valence-electron chi connectivity index (χ2n) is 3.23. The van der Waals surface area contributed by atoms with Crippen LogP contribution in [0.3, 0.4) is 0 Å². The van der Waals surface area contributed by atoms with Crippen molar-refractivity contribution in [1.82, 2.24) is 4.98 Å². The molecule has 0 saturated carbocycles. The Hall–Kier alpha value is -1.36. The molecule has 0 aliphatic carbocycles. The van der Waals surface area contributed by atoms with E-state index in [1.807, 2.05) is 0 Å². The SMILES string of the molecule is CC1=CS(=O)(=O)c2cnccc2NC1. The maximum absolute atomic E-state index is 11.7. The summed E-state index contributed by atoms with van der Waals surface area (Å²) in [6.45, 7) is 2.33. The van der Waals surface area contributed by atoms with Crippen LogP contribution in [0, 0.1) is 0 Å². The number of hydrogen-bond donors (Lipinski definition) is 1. The van der Waals surface area contributed by atoms with Crippen LogP contribution in [0.2, 0.25) is 0 Å². The molecule has 1 aromatic rings. The van der Waals surface area contributed by atoms with Gasteiger partial charge in [-0.15, -0.1) is 0 Å². The summed E-state index contributed by atoms with van der Waals surface area (Å²) in [6, 6.07) is 1.67. The normalized spacial score (nSPS) is 18.8. The van der Waals surface area contributed by atoms with Crippen LogP contribution in [0.5, 0.6) is 0 Å². The summed E-state index contributed by atoms with van der Waals surface area (Å²) in [7, 11) is -3.31. The fourth-order valence-corrected chi connectivity index (χ4v) is 2.75. The minimum absolute atomic E-state index is 0.247. The van der Waals surface area contributed by atoms with Crippen molar-refractivity contribution in [1.29, 1.82) is 0 Å². The molecule has 1 N–H and O–H groups in total. The van der Waals surface area contributed by atoms with E-state index in [0.29, 0.717) is 12.2 Å². The first-order valence-electron chi connectivity index (χ1n) is 4.20. The van der Waals surface area contributed by atoms with E-state index >= 15 is 0 Å². The molecule has 0 bridgehead atoms. The monoisotopic (exact) mass is 210 g/mol. The smallest absolute Gasteiger partial charge is 0.203 e. The Balaban J connectivity index is 2.68. The number of anilines is 1. The second kappa shape index (κ2) is 3.09. The highest BCUT2D eigenvalue weighted by molar-refractivity contribution is 7.94. The molecule has 0 radical (unpaired) electrons. The Labute approximate surface area is 82.6 Å². The summed E-state index contributed by atoms with van der Waals surface area (Å²) in [5.74, 6) is 0. The van der Waals surface area contributed by atoms with Gasteiger partial charge in [0, 0.05) is 24.3 Å². The van der Waals surface area contributed by atoms with Crippen molar-refractivity contribution in [2.24, 2.45) is 0 Å². The lowest BCUT2D eigenvalue weighted by atomic mass is 10.3. The van der Waals surface area contributed by atoms with Gasteiger partial charge in [-0.2, -0.15) is 0 Å². The van der Waals surface area contributed by atoms with Gasteiger partial charge in [0.25, 0.3) is 0 Å². The zero-order chi connectivity index (χ0) is 10.2. The third-order valence-electron chi connectivity index (χ3n) is 2.01. The van der Waals surface area contributed by atoms with Crippen molar-refractivity contribution in [2.45, 2.75) is 11.8 Å². The van der Waals surface area contributed by atoms with Crippen LogP contribution in [-0.4, -0.2) is 19.9 Å². The molecule has 5 heteroatoms. The van der Waals surface area contributed by atoms with Crippen LogP contribution < -0.4 is 5.32 Å². The van der Waals surface area contributed by atoms with E-state index in [4.69, 9.17) is 0 Å². The lowest BCUT2D eigenvalue weighted by Gasteiger charge is -2.05. The zero-order valence-corrected chi connectivity index (χ0v) is 8.50. The number of rotatable bonds is 0. The maximum Gasteiger partial charge on any atom is 0.203 e. The highest BCUT2D eigenvalue weighted by Gasteiger charge is 2.19. The fourth-order valence-electron chi connectivity index (χ4n) is 1.36. The first kappa shape index (κ1) is 9.21. The van der Waals surface area contributed by atoms with E-state index in [0.717, 1.165) is 5.57 Å². The minimum Gasteiger partial charge on any atom is -0.380 e. The summed E-state index contributed by atoms with van der Waals surface area (Å²) in [6.07, 6.45) is 2.94. The van der Waals surface area contributed by atoms with Crippen molar-refractivity contribution in [3.63, 3.8) is 0 Å². The van der Waals surface area contributed by atoms with Gasteiger partial charge in [-0.25, -0.2) is 8.42 Å². The number of pyridine rings is 1. The molecule has 0 saturated heterocycles. The van der Waals surface area contributed by atoms with Gasteiger partial charge < -0.3 is 5.32 Å². The predicted molar refractivity (Wildman–Crippen MR) is 53.7 cm³/mol. The Bertz CT molecular complexity index is 491. The number of hydrogen-bond acceptors (Lipinski definition) is 4. The van der Waals surface area contributed by atoms with Crippen molar-refractivity contribution >= 4 is 15.5 Å². The van der Waals surface area contributed by atoms with Gasteiger partial charge >= 0.3 is 0 Å². The molecule has 4 nitrogen and oxygen atoms in total. The van der Waals surface area contributed by atoms with Gasteiger partial charge in [0.05, 0.1) is 5.69 Å². The average molecular weight is 210 g/mol. The molecule has 14 heavy (non-hydrogen) atoms. The van der Waals surface area contributed by atoms with Crippen LogP contribution in [0.4, 0.5) is 5.69 Å². The molecule has 0 aromatic carbocycles. The molecule has 0 spiro atoms. The molecular weight excluding hydrogens is 200 g/mol. The highest BCUT2D eigenvalue weighted by Crippen LogP contribution is 2.25. The van der Waals surface area contributed by atoms with Crippen LogP contribution in [0.15, 0.2) is 34.3 Å². The Morgan fingerprint density at radius 3 is 3.07 bits per heavy atom. The highest BCUT2D eigenvalue weighted by atomic mass is 32.2. The van der Waals surface area contributed by atoms with Gasteiger partial charge in [-0.1, -0.05) is 0 Å². The lowest BCUT2D eigenvalue weighted by molar-refractivity contribution is 0.604. The van der Waals surface area contributed by atoms with Gasteiger partial charge in [0.1, 0.15) is 4.90 Å². The van der Waals surface area contributed by atoms with Crippen LogP contribution in [0.25, 0.3) is 0 Å². The molecule has 2 heterocycles. The largest absolute Gasteiger partial charge is 0.380 e. The third kappa shape index (κ3) is 1.50. The topological polar surface area (TPSA) is 59.1 Å². The Morgan fingerprint density at radius 1 is 1.50 bits per heavy atom. The van der Waals surface area contributed by atoms with Crippen LogP contribution in [0.1, 0.15) is 6.92 Å². The second-order valence-corrected chi connectivity index (χ2v) is 5.00. The quantitative estimate of drug-likeness (QED) is 0.698. The molecule has 1 aliphatic heterocycles. The zero-order valence-electron chi connectivity index (χ0n) is 7.69. The van der Waals surface area contributed by atoms with E-state index in [-0.39, 0.29) is 4.90 Å². The summed E-state index contributed by atoms with van der Waals surface area (Å²) in [5, 5.41) is 4.33. The summed E-state index contributed by atoms with van der Waals surface area (Å²) >= 11 is 0. The first-order chi connectivity index (χ1) is 6.59.